The average Bonchev–Trinajstić information content (AvgIpc) is 3.42. The molecular formula is C20H14ClN3O3S3. The molecule has 4 rings (SSSR count). The predicted octanol–water partition coefficient (Wildman–Crippen LogP) is 5.58. The molecule has 6 nitrogen and oxygen atoms in total. The zero-order chi connectivity index (χ0) is 21.1. The van der Waals surface area contributed by atoms with E-state index in [0.29, 0.717) is 5.69 Å². The third-order valence-electron chi connectivity index (χ3n) is 3.99. The standard InChI is InChI=1S/C20H14ClN3O3S3/c21-15-7-1-2-8-16(15)24-30(26,27)14-6-3-5-13(11-14)22-19(25)17-12-29-20(23-17)18-9-4-10-28-18/h1-12,24H,(H,22,25). The summed E-state index contributed by atoms with van der Waals surface area (Å²) in [7, 11) is -3.88. The SMILES string of the molecule is O=C(Nc1cccc(S(=O)(=O)Nc2ccccc2Cl)c1)c1csc(-c2cccs2)n1. The molecule has 0 radical (unpaired) electrons. The fraction of sp³-hybridized carbons (Fsp3) is 0. The molecule has 0 atom stereocenters. The van der Waals surface area contributed by atoms with E-state index in [1.54, 1.807) is 53.1 Å². The quantitative estimate of drug-likeness (QED) is 0.381. The Bertz CT molecular complexity index is 1300. The number of benzene rings is 2. The number of para-hydroxylation sites is 1. The third kappa shape index (κ3) is 4.54. The molecule has 0 saturated heterocycles. The summed E-state index contributed by atoms with van der Waals surface area (Å²) in [4.78, 5) is 17.9. The molecule has 2 N–H and O–H groups in total. The highest BCUT2D eigenvalue weighted by Crippen LogP contribution is 2.28. The molecule has 4 aromatic rings. The van der Waals surface area contributed by atoms with Gasteiger partial charge in [0, 0.05) is 11.1 Å². The van der Waals surface area contributed by atoms with E-state index in [4.69, 9.17) is 11.6 Å². The first-order valence-electron chi connectivity index (χ1n) is 8.60. The van der Waals surface area contributed by atoms with Crippen LogP contribution in [0.15, 0.2) is 76.3 Å². The van der Waals surface area contributed by atoms with Gasteiger partial charge in [0.2, 0.25) is 0 Å². The van der Waals surface area contributed by atoms with Crippen LogP contribution in [0.2, 0.25) is 5.02 Å². The van der Waals surface area contributed by atoms with Crippen molar-refractivity contribution in [1.29, 1.82) is 0 Å². The van der Waals surface area contributed by atoms with E-state index in [2.05, 4.69) is 15.0 Å². The normalized spacial score (nSPS) is 11.2. The van der Waals surface area contributed by atoms with Crippen molar-refractivity contribution in [1.82, 2.24) is 4.98 Å². The Morgan fingerprint density at radius 2 is 1.83 bits per heavy atom. The number of carbonyl (C=O) groups is 1. The third-order valence-corrected chi connectivity index (χ3v) is 7.56. The van der Waals surface area contributed by atoms with Crippen molar-refractivity contribution in [3.8, 4) is 9.88 Å². The molecule has 2 aromatic heterocycles. The van der Waals surface area contributed by atoms with Crippen molar-refractivity contribution in [2.24, 2.45) is 0 Å². The second-order valence-corrected chi connectivity index (χ2v) is 9.98. The van der Waals surface area contributed by atoms with Crippen LogP contribution in [0.25, 0.3) is 9.88 Å². The molecule has 1 amide bonds. The largest absolute Gasteiger partial charge is 0.321 e. The Morgan fingerprint density at radius 3 is 2.60 bits per heavy atom. The Labute approximate surface area is 186 Å². The summed E-state index contributed by atoms with van der Waals surface area (Å²) in [5.41, 5.74) is 0.885. The minimum Gasteiger partial charge on any atom is -0.321 e. The van der Waals surface area contributed by atoms with Crippen molar-refractivity contribution in [3.05, 3.63) is 82.1 Å². The molecule has 2 aromatic carbocycles. The van der Waals surface area contributed by atoms with E-state index in [9.17, 15) is 13.2 Å². The molecule has 0 aliphatic rings. The van der Waals surface area contributed by atoms with Crippen LogP contribution in [0.3, 0.4) is 0 Å². The van der Waals surface area contributed by atoms with E-state index in [1.165, 1.54) is 23.5 Å². The van der Waals surface area contributed by atoms with Crippen molar-refractivity contribution in [2.45, 2.75) is 4.90 Å². The molecule has 2 heterocycles. The lowest BCUT2D eigenvalue weighted by Crippen LogP contribution is -2.15. The number of thiazole rings is 1. The lowest BCUT2D eigenvalue weighted by Gasteiger charge is -2.11. The number of halogens is 1. The molecule has 0 aliphatic carbocycles. The van der Waals surface area contributed by atoms with E-state index in [-0.39, 0.29) is 21.3 Å². The van der Waals surface area contributed by atoms with Crippen LogP contribution in [0, 0.1) is 0 Å². The maximum absolute atomic E-state index is 12.7. The van der Waals surface area contributed by atoms with E-state index in [1.807, 2.05) is 17.5 Å². The molecule has 0 fully saturated rings. The predicted molar refractivity (Wildman–Crippen MR) is 122 cm³/mol. The summed E-state index contributed by atoms with van der Waals surface area (Å²) in [5, 5.41) is 7.36. The lowest BCUT2D eigenvalue weighted by atomic mass is 10.3. The number of anilines is 2. The number of carbonyl (C=O) groups excluding carboxylic acids is 1. The fourth-order valence-electron chi connectivity index (χ4n) is 2.58. The molecule has 30 heavy (non-hydrogen) atoms. The minimum atomic E-state index is -3.88. The summed E-state index contributed by atoms with van der Waals surface area (Å²) in [6, 6.07) is 16.4. The Kier molecular flexibility index (Phi) is 5.87. The van der Waals surface area contributed by atoms with Crippen LogP contribution in [-0.4, -0.2) is 19.3 Å². The van der Waals surface area contributed by atoms with Crippen LogP contribution in [-0.2, 0) is 10.0 Å². The number of rotatable bonds is 6. The zero-order valence-corrected chi connectivity index (χ0v) is 18.4. The minimum absolute atomic E-state index is 0.00206. The van der Waals surface area contributed by atoms with Crippen LogP contribution in [0.1, 0.15) is 10.5 Å². The fourth-order valence-corrected chi connectivity index (χ4v) is 5.55. The van der Waals surface area contributed by atoms with E-state index in [0.717, 1.165) is 9.88 Å². The second-order valence-electron chi connectivity index (χ2n) is 6.08. The van der Waals surface area contributed by atoms with Crippen LogP contribution >= 0.6 is 34.3 Å². The average molecular weight is 476 g/mol. The number of thiophene rings is 1. The smallest absolute Gasteiger partial charge is 0.275 e. The highest BCUT2D eigenvalue weighted by Gasteiger charge is 2.18. The number of nitrogens with zero attached hydrogens (tertiary/aromatic N) is 1. The molecule has 0 unspecified atom stereocenters. The van der Waals surface area contributed by atoms with Gasteiger partial charge in [-0.3, -0.25) is 9.52 Å². The van der Waals surface area contributed by atoms with Crippen molar-refractivity contribution in [3.63, 3.8) is 0 Å². The molecular weight excluding hydrogens is 462 g/mol. The van der Waals surface area contributed by atoms with E-state index < -0.39 is 15.9 Å². The first kappa shape index (κ1) is 20.5. The summed E-state index contributed by atoms with van der Waals surface area (Å²) >= 11 is 8.96. The number of hydrogen-bond donors (Lipinski definition) is 2. The highest BCUT2D eigenvalue weighted by molar-refractivity contribution is 7.92. The highest BCUT2D eigenvalue weighted by atomic mass is 35.5. The first-order valence-corrected chi connectivity index (χ1v) is 12.2. The molecule has 152 valence electrons. The van der Waals surface area contributed by atoms with Gasteiger partial charge in [-0.2, -0.15) is 0 Å². The van der Waals surface area contributed by atoms with Crippen molar-refractivity contribution >= 4 is 61.6 Å². The van der Waals surface area contributed by atoms with Gasteiger partial charge >= 0.3 is 0 Å². The van der Waals surface area contributed by atoms with Gasteiger partial charge in [0.25, 0.3) is 15.9 Å². The van der Waals surface area contributed by atoms with Crippen LogP contribution in [0.4, 0.5) is 11.4 Å². The summed E-state index contributed by atoms with van der Waals surface area (Å²) in [5.74, 6) is -0.414. The first-order chi connectivity index (χ1) is 14.4. The van der Waals surface area contributed by atoms with Gasteiger partial charge in [-0.25, -0.2) is 13.4 Å². The number of amides is 1. The maximum atomic E-state index is 12.7. The monoisotopic (exact) mass is 475 g/mol. The van der Waals surface area contributed by atoms with Crippen LogP contribution in [0.5, 0.6) is 0 Å². The van der Waals surface area contributed by atoms with Gasteiger partial charge in [0.1, 0.15) is 10.7 Å². The van der Waals surface area contributed by atoms with Crippen LogP contribution < -0.4 is 10.0 Å². The summed E-state index contributed by atoms with van der Waals surface area (Å²) in [6.07, 6.45) is 0. The van der Waals surface area contributed by atoms with Gasteiger partial charge < -0.3 is 5.32 Å². The van der Waals surface area contributed by atoms with Gasteiger partial charge in [-0.05, 0) is 41.8 Å². The maximum Gasteiger partial charge on any atom is 0.275 e. The molecule has 0 spiro atoms. The molecule has 0 aliphatic heterocycles. The van der Waals surface area contributed by atoms with E-state index >= 15 is 0 Å². The lowest BCUT2D eigenvalue weighted by molar-refractivity contribution is 0.102. The molecule has 10 heteroatoms. The topological polar surface area (TPSA) is 88.2 Å². The number of aromatic nitrogens is 1. The Hall–Kier alpha value is -2.72. The Morgan fingerprint density at radius 1 is 1.00 bits per heavy atom. The van der Waals surface area contributed by atoms with Gasteiger partial charge in [0.05, 0.1) is 20.5 Å². The van der Waals surface area contributed by atoms with Crippen molar-refractivity contribution in [2.75, 3.05) is 10.0 Å². The zero-order valence-electron chi connectivity index (χ0n) is 15.2. The molecule has 0 saturated carbocycles. The second kappa shape index (κ2) is 8.57. The van der Waals surface area contributed by atoms with Gasteiger partial charge in [-0.1, -0.05) is 35.9 Å². The summed E-state index contributed by atoms with van der Waals surface area (Å²) in [6.45, 7) is 0. The number of nitrogens with one attached hydrogen (secondary N) is 2. The van der Waals surface area contributed by atoms with Gasteiger partial charge in [-0.15, -0.1) is 22.7 Å². The Balaban J connectivity index is 1.52. The molecule has 0 bridgehead atoms. The number of hydrogen-bond acceptors (Lipinski definition) is 6. The number of sulfonamides is 1. The van der Waals surface area contributed by atoms with Crippen molar-refractivity contribution < 1.29 is 13.2 Å². The summed E-state index contributed by atoms with van der Waals surface area (Å²) < 4.78 is 27.9. The van der Waals surface area contributed by atoms with Gasteiger partial charge in [0.15, 0.2) is 0 Å².